The topological polar surface area (TPSA) is 9.23 Å². The van der Waals surface area contributed by atoms with Gasteiger partial charge in [0.15, 0.2) is 0 Å². The highest BCUT2D eigenvalue weighted by Gasteiger charge is 2.24. The van der Waals surface area contributed by atoms with Crippen molar-refractivity contribution in [3.05, 3.63) is 36.5 Å². The lowest BCUT2D eigenvalue weighted by Crippen LogP contribution is -1.97. The van der Waals surface area contributed by atoms with Crippen LogP contribution in [0.25, 0.3) is 0 Å². The fourth-order valence-electron chi connectivity index (χ4n) is 1.65. The Morgan fingerprint density at radius 1 is 1.38 bits per heavy atom. The molecule has 13 heavy (non-hydrogen) atoms. The lowest BCUT2D eigenvalue weighted by Gasteiger charge is -2.02. The van der Waals surface area contributed by atoms with Crippen molar-refractivity contribution in [1.82, 2.24) is 0 Å². The van der Waals surface area contributed by atoms with Crippen molar-refractivity contribution in [3.8, 4) is 0 Å². The minimum atomic E-state index is 0.513. The summed E-state index contributed by atoms with van der Waals surface area (Å²) in [5.74, 6) is 1.37. The minimum absolute atomic E-state index is 0.513. The summed E-state index contributed by atoms with van der Waals surface area (Å²) in [6.45, 7) is 5.36. The third-order valence-electron chi connectivity index (χ3n) is 2.59. The van der Waals surface area contributed by atoms with Gasteiger partial charge in [-0.1, -0.05) is 30.9 Å². The smallest absolute Gasteiger partial charge is 0.0683 e. The molecule has 1 atom stereocenters. The van der Waals surface area contributed by atoms with Crippen LogP contribution in [0, 0.1) is 11.8 Å². The number of hydrogen-bond donors (Lipinski definition) is 0. The second kappa shape index (κ2) is 3.93. The summed E-state index contributed by atoms with van der Waals surface area (Å²) in [6, 6.07) is 0. The van der Waals surface area contributed by atoms with E-state index in [9.17, 15) is 0 Å². The number of rotatable bonds is 3. The van der Waals surface area contributed by atoms with Crippen LogP contribution < -0.4 is 0 Å². The zero-order valence-corrected chi connectivity index (χ0v) is 7.91. The fourth-order valence-corrected chi connectivity index (χ4v) is 1.65. The van der Waals surface area contributed by atoms with Gasteiger partial charge < -0.3 is 4.74 Å². The first kappa shape index (κ1) is 8.76. The first-order chi connectivity index (χ1) is 6.40. The molecule has 0 N–H and O–H groups in total. The van der Waals surface area contributed by atoms with Crippen molar-refractivity contribution >= 4 is 0 Å². The van der Waals surface area contributed by atoms with Gasteiger partial charge >= 0.3 is 0 Å². The quantitative estimate of drug-likeness (QED) is 0.474. The molecule has 1 aliphatic carbocycles. The molecule has 70 valence electrons. The molecular formula is C12H16O. The fraction of sp³-hybridized carbons (Fsp3) is 0.500. The molecule has 1 saturated carbocycles. The molecule has 1 aliphatic heterocycles. The Bertz CT molecular complexity index is 246. The SMILES string of the molecule is C=C/C=C/C1COC/C1=C/C1CC1. The molecule has 1 heterocycles. The molecule has 2 fully saturated rings. The average molecular weight is 176 g/mol. The van der Waals surface area contributed by atoms with E-state index in [1.807, 2.05) is 12.2 Å². The van der Waals surface area contributed by atoms with Crippen LogP contribution in [0.15, 0.2) is 36.5 Å². The molecule has 0 spiro atoms. The Morgan fingerprint density at radius 2 is 2.23 bits per heavy atom. The molecule has 0 radical (unpaired) electrons. The molecular weight excluding hydrogens is 160 g/mol. The Labute approximate surface area is 79.8 Å². The maximum absolute atomic E-state index is 5.44. The van der Waals surface area contributed by atoms with Gasteiger partial charge in [0.1, 0.15) is 0 Å². The van der Waals surface area contributed by atoms with Crippen LogP contribution in [-0.2, 0) is 4.74 Å². The summed E-state index contributed by atoms with van der Waals surface area (Å²) in [5, 5.41) is 0. The van der Waals surface area contributed by atoms with Crippen molar-refractivity contribution in [2.75, 3.05) is 13.2 Å². The highest BCUT2D eigenvalue weighted by Crippen LogP contribution is 2.34. The predicted octanol–water partition coefficient (Wildman–Crippen LogP) is 2.71. The molecule has 1 unspecified atom stereocenters. The van der Waals surface area contributed by atoms with Crippen molar-refractivity contribution in [1.29, 1.82) is 0 Å². The lowest BCUT2D eigenvalue weighted by molar-refractivity contribution is 0.195. The lowest BCUT2D eigenvalue weighted by atomic mass is 10.0. The van der Waals surface area contributed by atoms with E-state index in [1.165, 1.54) is 18.4 Å². The van der Waals surface area contributed by atoms with Crippen molar-refractivity contribution in [2.24, 2.45) is 11.8 Å². The Kier molecular flexibility index (Phi) is 2.65. The van der Waals surface area contributed by atoms with Crippen LogP contribution >= 0.6 is 0 Å². The van der Waals surface area contributed by atoms with E-state index < -0.39 is 0 Å². The first-order valence-corrected chi connectivity index (χ1v) is 4.97. The molecule has 0 aromatic carbocycles. The molecule has 0 aromatic heterocycles. The van der Waals surface area contributed by atoms with E-state index in [2.05, 4.69) is 18.7 Å². The van der Waals surface area contributed by atoms with Crippen LogP contribution in [0.4, 0.5) is 0 Å². The Hall–Kier alpha value is -0.820. The molecule has 0 bridgehead atoms. The molecule has 1 nitrogen and oxygen atoms in total. The molecule has 1 heteroatoms. The monoisotopic (exact) mass is 176 g/mol. The van der Waals surface area contributed by atoms with Crippen LogP contribution in [0.2, 0.25) is 0 Å². The van der Waals surface area contributed by atoms with E-state index in [-0.39, 0.29) is 0 Å². The minimum Gasteiger partial charge on any atom is -0.376 e. The predicted molar refractivity (Wildman–Crippen MR) is 54.5 cm³/mol. The maximum atomic E-state index is 5.44. The molecule has 0 aromatic rings. The van der Waals surface area contributed by atoms with E-state index in [0.29, 0.717) is 5.92 Å². The van der Waals surface area contributed by atoms with Crippen LogP contribution in [0.5, 0.6) is 0 Å². The average Bonchev–Trinajstić information content (AvgIpc) is 2.82. The third kappa shape index (κ3) is 2.31. The Morgan fingerprint density at radius 3 is 2.92 bits per heavy atom. The van der Waals surface area contributed by atoms with Gasteiger partial charge in [-0.05, 0) is 24.3 Å². The second-order valence-electron chi connectivity index (χ2n) is 3.82. The second-order valence-corrected chi connectivity index (χ2v) is 3.82. The van der Waals surface area contributed by atoms with Gasteiger partial charge in [0, 0.05) is 5.92 Å². The number of allylic oxidation sites excluding steroid dienone is 3. The molecule has 2 aliphatic rings. The van der Waals surface area contributed by atoms with Gasteiger partial charge in [-0.15, -0.1) is 0 Å². The van der Waals surface area contributed by atoms with Gasteiger partial charge in [0.25, 0.3) is 0 Å². The van der Waals surface area contributed by atoms with Gasteiger partial charge in [-0.2, -0.15) is 0 Å². The van der Waals surface area contributed by atoms with Crippen molar-refractivity contribution in [2.45, 2.75) is 12.8 Å². The number of hydrogen-bond acceptors (Lipinski definition) is 1. The van der Waals surface area contributed by atoms with Crippen LogP contribution in [-0.4, -0.2) is 13.2 Å². The van der Waals surface area contributed by atoms with Gasteiger partial charge in [-0.25, -0.2) is 0 Å². The maximum Gasteiger partial charge on any atom is 0.0683 e. The van der Waals surface area contributed by atoms with E-state index in [4.69, 9.17) is 4.74 Å². The van der Waals surface area contributed by atoms with Gasteiger partial charge in [-0.3, -0.25) is 0 Å². The van der Waals surface area contributed by atoms with E-state index >= 15 is 0 Å². The summed E-state index contributed by atoms with van der Waals surface area (Å²) < 4.78 is 5.44. The number of ether oxygens (including phenoxy) is 1. The summed E-state index contributed by atoms with van der Waals surface area (Å²) in [6.07, 6.45) is 11.2. The summed E-state index contributed by atoms with van der Waals surface area (Å²) in [5.41, 5.74) is 1.47. The molecule has 1 saturated heterocycles. The van der Waals surface area contributed by atoms with Crippen LogP contribution in [0.3, 0.4) is 0 Å². The molecule has 0 amide bonds. The van der Waals surface area contributed by atoms with E-state index in [1.54, 1.807) is 0 Å². The highest BCUT2D eigenvalue weighted by atomic mass is 16.5. The van der Waals surface area contributed by atoms with E-state index in [0.717, 1.165) is 19.1 Å². The standard InChI is InChI=1S/C12H16O/c1-2-3-4-11-8-13-9-12(11)7-10-5-6-10/h2-4,7,10-11H,1,5-6,8-9H2/b4-3+,12-7-. The first-order valence-electron chi connectivity index (χ1n) is 4.97. The zero-order valence-electron chi connectivity index (χ0n) is 7.91. The van der Waals surface area contributed by atoms with Gasteiger partial charge in [0.05, 0.1) is 13.2 Å². The normalized spacial score (nSPS) is 31.7. The third-order valence-corrected chi connectivity index (χ3v) is 2.59. The summed E-state index contributed by atoms with van der Waals surface area (Å²) in [7, 11) is 0. The Balaban J connectivity index is 2.00. The largest absolute Gasteiger partial charge is 0.376 e. The van der Waals surface area contributed by atoms with Crippen molar-refractivity contribution in [3.63, 3.8) is 0 Å². The summed E-state index contributed by atoms with van der Waals surface area (Å²) in [4.78, 5) is 0. The zero-order chi connectivity index (χ0) is 9.10. The molecule has 2 rings (SSSR count). The van der Waals surface area contributed by atoms with Crippen LogP contribution in [0.1, 0.15) is 12.8 Å². The van der Waals surface area contributed by atoms with Crippen molar-refractivity contribution < 1.29 is 4.74 Å². The highest BCUT2D eigenvalue weighted by molar-refractivity contribution is 5.21. The van der Waals surface area contributed by atoms with Gasteiger partial charge in [0.2, 0.25) is 0 Å². The summed E-state index contributed by atoms with van der Waals surface area (Å²) >= 11 is 0.